The topological polar surface area (TPSA) is 81.7 Å². The van der Waals surface area contributed by atoms with Crippen LogP contribution in [0.1, 0.15) is 42.5 Å². The van der Waals surface area contributed by atoms with Gasteiger partial charge in [0.15, 0.2) is 0 Å². The molecule has 3 aromatic rings. The number of hydrogen-bond donors (Lipinski definition) is 3. The molecule has 1 aliphatic rings. The number of carbonyl (C=O) groups excluding carboxylic acids is 1. The lowest BCUT2D eigenvalue weighted by atomic mass is 9.93. The average Bonchev–Trinajstić information content (AvgIpc) is 2.85. The predicted molar refractivity (Wildman–Crippen MR) is 133 cm³/mol. The smallest absolute Gasteiger partial charge is 0.336 e. The van der Waals surface area contributed by atoms with E-state index in [1.807, 2.05) is 19.2 Å². The average molecular weight is 462 g/mol. The van der Waals surface area contributed by atoms with Gasteiger partial charge in [-0.25, -0.2) is 14.0 Å². The number of aromatic carboxylic acids is 1. The molecule has 1 saturated carbocycles. The van der Waals surface area contributed by atoms with Crippen LogP contribution in [-0.4, -0.2) is 30.2 Å². The molecule has 0 aromatic heterocycles. The second-order valence-electron chi connectivity index (χ2n) is 8.54. The second-order valence-corrected chi connectivity index (χ2v) is 8.54. The number of rotatable bonds is 6. The minimum atomic E-state index is -1.02. The second kappa shape index (κ2) is 10.4. The van der Waals surface area contributed by atoms with E-state index in [0.717, 1.165) is 31.4 Å². The molecule has 0 heterocycles. The Morgan fingerprint density at radius 2 is 1.59 bits per heavy atom. The first kappa shape index (κ1) is 23.3. The summed E-state index contributed by atoms with van der Waals surface area (Å²) in [5, 5.41) is 15.0. The number of anilines is 3. The number of carboxylic acids is 1. The molecule has 7 heteroatoms. The summed E-state index contributed by atoms with van der Waals surface area (Å²) in [5.41, 5.74) is 2.83. The van der Waals surface area contributed by atoms with Crippen LogP contribution in [0.5, 0.6) is 0 Å². The van der Waals surface area contributed by atoms with Crippen molar-refractivity contribution in [3.05, 3.63) is 78.1 Å². The number of carbonyl (C=O) groups is 2. The van der Waals surface area contributed by atoms with Gasteiger partial charge >= 0.3 is 12.0 Å². The van der Waals surface area contributed by atoms with E-state index in [-0.39, 0.29) is 11.3 Å². The number of halogens is 1. The van der Waals surface area contributed by atoms with E-state index in [2.05, 4.69) is 15.5 Å². The van der Waals surface area contributed by atoms with Crippen molar-refractivity contribution in [3.63, 3.8) is 0 Å². The largest absolute Gasteiger partial charge is 0.478 e. The standard InChI is InChI=1S/C27H28FN3O3/c1-31(19-9-3-2-4-10-19)25-16-15-18(20-11-5-6-12-21(20)26(32)33)17-24(25)30-27(34)29-23-14-8-7-13-22(23)28/h5-8,11-17,19H,2-4,9-10H2,1H3,(H,32,33)(H2,29,30,34). The predicted octanol–water partition coefficient (Wildman–Crippen LogP) is 6.60. The number of nitrogens with one attached hydrogen (secondary N) is 2. The van der Waals surface area contributed by atoms with Crippen molar-refractivity contribution in [2.24, 2.45) is 0 Å². The molecule has 3 aromatic carbocycles. The molecule has 0 bridgehead atoms. The van der Waals surface area contributed by atoms with E-state index in [1.165, 1.54) is 18.6 Å². The minimum Gasteiger partial charge on any atom is -0.478 e. The van der Waals surface area contributed by atoms with Crippen LogP contribution in [0, 0.1) is 5.82 Å². The lowest BCUT2D eigenvalue weighted by molar-refractivity contribution is 0.0697. The van der Waals surface area contributed by atoms with Crippen molar-refractivity contribution in [2.75, 3.05) is 22.6 Å². The van der Waals surface area contributed by atoms with E-state index in [9.17, 15) is 19.1 Å². The first-order valence-electron chi connectivity index (χ1n) is 11.5. The zero-order chi connectivity index (χ0) is 24.1. The highest BCUT2D eigenvalue weighted by atomic mass is 19.1. The first-order valence-corrected chi connectivity index (χ1v) is 11.5. The molecule has 0 radical (unpaired) electrons. The summed E-state index contributed by atoms with van der Waals surface area (Å²) in [6.45, 7) is 0. The Labute approximate surface area is 198 Å². The van der Waals surface area contributed by atoms with E-state index in [4.69, 9.17) is 0 Å². The fourth-order valence-corrected chi connectivity index (χ4v) is 4.54. The third kappa shape index (κ3) is 5.20. The van der Waals surface area contributed by atoms with Gasteiger partial charge < -0.3 is 20.6 Å². The summed E-state index contributed by atoms with van der Waals surface area (Å²) in [4.78, 5) is 26.7. The van der Waals surface area contributed by atoms with Gasteiger partial charge in [0.2, 0.25) is 0 Å². The molecule has 0 spiro atoms. The van der Waals surface area contributed by atoms with Crippen molar-refractivity contribution in [1.82, 2.24) is 0 Å². The maximum Gasteiger partial charge on any atom is 0.336 e. The zero-order valence-electron chi connectivity index (χ0n) is 19.1. The Kier molecular flexibility index (Phi) is 7.11. The molecule has 1 fully saturated rings. The van der Waals surface area contributed by atoms with Gasteiger partial charge in [0.05, 0.1) is 22.6 Å². The number of urea groups is 1. The molecular formula is C27H28FN3O3. The lowest BCUT2D eigenvalue weighted by Gasteiger charge is -2.34. The summed E-state index contributed by atoms with van der Waals surface area (Å²) in [6, 6.07) is 18.0. The van der Waals surface area contributed by atoms with E-state index in [1.54, 1.807) is 42.5 Å². The Morgan fingerprint density at radius 1 is 0.912 bits per heavy atom. The molecule has 0 unspecified atom stereocenters. The van der Waals surface area contributed by atoms with Crippen molar-refractivity contribution < 1.29 is 19.1 Å². The van der Waals surface area contributed by atoms with Crippen molar-refractivity contribution >= 4 is 29.1 Å². The maximum atomic E-state index is 14.0. The number of nitrogens with zero attached hydrogens (tertiary/aromatic N) is 1. The number of para-hydroxylation sites is 1. The molecule has 0 aliphatic heterocycles. The molecular weight excluding hydrogens is 433 g/mol. The Bertz CT molecular complexity index is 1190. The van der Waals surface area contributed by atoms with Gasteiger partial charge in [-0.1, -0.05) is 55.7 Å². The molecule has 0 saturated heterocycles. The van der Waals surface area contributed by atoms with Crippen LogP contribution in [0.25, 0.3) is 11.1 Å². The lowest BCUT2D eigenvalue weighted by Crippen LogP contribution is -2.34. The van der Waals surface area contributed by atoms with Gasteiger partial charge in [-0.2, -0.15) is 0 Å². The quantitative estimate of drug-likeness (QED) is 0.386. The third-order valence-electron chi connectivity index (χ3n) is 6.34. The zero-order valence-corrected chi connectivity index (χ0v) is 19.1. The molecule has 176 valence electrons. The highest BCUT2D eigenvalue weighted by Gasteiger charge is 2.22. The third-order valence-corrected chi connectivity index (χ3v) is 6.34. The highest BCUT2D eigenvalue weighted by molar-refractivity contribution is 6.03. The molecule has 2 amide bonds. The van der Waals surface area contributed by atoms with Gasteiger partial charge in [-0.3, -0.25) is 0 Å². The summed E-state index contributed by atoms with van der Waals surface area (Å²) in [5.74, 6) is -1.55. The van der Waals surface area contributed by atoms with E-state index >= 15 is 0 Å². The van der Waals surface area contributed by atoms with Crippen LogP contribution in [-0.2, 0) is 0 Å². The molecule has 3 N–H and O–H groups in total. The number of amides is 2. The molecule has 4 rings (SSSR count). The number of hydrogen-bond acceptors (Lipinski definition) is 3. The Balaban J connectivity index is 1.69. The van der Waals surface area contributed by atoms with Crippen LogP contribution in [0.2, 0.25) is 0 Å². The fraction of sp³-hybridized carbons (Fsp3) is 0.259. The summed E-state index contributed by atoms with van der Waals surface area (Å²) in [7, 11) is 2.01. The van der Waals surface area contributed by atoms with Gasteiger partial charge in [0.25, 0.3) is 0 Å². The molecule has 1 aliphatic carbocycles. The van der Waals surface area contributed by atoms with Gasteiger partial charge in [-0.05, 0) is 54.3 Å². The SMILES string of the molecule is CN(c1ccc(-c2ccccc2C(=O)O)cc1NC(=O)Nc1ccccc1F)C1CCCCC1. The molecule has 34 heavy (non-hydrogen) atoms. The normalized spacial score (nSPS) is 13.8. The van der Waals surface area contributed by atoms with Crippen LogP contribution in [0.3, 0.4) is 0 Å². The van der Waals surface area contributed by atoms with Crippen molar-refractivity contribution in [1.29, 1.82) is 0 Å². The van der Waals surface area contributed by atoms with Crippen molar-refractivity contribution in [3.8, 4) is 11.1 Å². The van der Waals surface area contributed by atoms with Crippen LogP contribution in [0.15, 0.2) is 66.7 Å². The maximum absolute atomic E-state index is 14.0. The van der Waals surface area contributed by atoms with Gasteiger partial charge in [0.1, 0.15) is 5.82 Å². The van der Waals surface area contributed by atoms with Gasteiger partial charge in [-0.15, -0.1) is 0 Å². The summed E-state index contributed by atoms with van der Waals surface area (Å²) >= 11 is 0. The van der Waals surface area contributed by atoms with Gasteiger partial charge in [0, 0.05) is 13.1 Å². The van der Waals surface area contributed by atoms with E-state index in [0.29, 0.717) is 22.9 Å². The van der Waals surface area contributed by atoms with Crippen LogP contribution in [0.4, 0.5) is 26.2 Å². The van der Waals surface area contributed by atoms with Crippen LogP contribution < -0.4 is 15.5 Å². The highest BCUT2D eigenvalue weighted by Crippen LogP contribution is 2.36. The minimum absolute atomic E-state index is 0.0783. The number of carboxylic acid groups (broad SMARTS) is 1. The molecule has 6 nitrogen and oxygen atoms in total. The molecule has 0 atom stereocenters. The van der Waals surface area contributed by atoms with Crippen molar-refractivity contribution in [2.45, 2.75) is 38.1 Å². The monoisotopic (exact) mass is 461 g/mol. The summed E-state index contributed by atoms with van der Waals surface area (Å²) < 4.78 is 14.0. The number of benzene rings is 3. The Hall–Kier alpha value is -3.87. The fourth-order valence-electron chi connectivity index (χ4n) is 4.54. The Morgan fingerprint density at radius 3 is 2.32 bits per heavy atom. The van der Waals surface area contributed by atoms with Crippen LogP contribution >= 0.6 is 0 Å². The summed E-state index contributed by atoms with van der Waals surface area (Å²) in [6.07, 6.45) is 5.69. The first-order chi connectivity index (χ1) is 16.4. The van der Waals surface area contributed by atoms with E-state index < -0.39 is 17.8 Å².